The molecule has 0 radical (unpaired) electrons. The molecule has 0 amide bonds. The fourth-order valence-electron chi connectivity index (χ4n) is 1.51. The molecule has 2 nitrogen and oxygen atoms in total. The van der Waals surface area contributed by atoms with E-state index in [4.69, 9.17) is 5.11 Å². The van der Waals surface area contributed by atoms with Gasteiger partial charge in [0.2, 0.25) is 0 Å². The lowest BCUT2D eigenvalue weighted by Crippen LogP contribution is -2.29. The number of hydrogen-bond donors (Lipinski definition) is 1. The summed E-state index contributed by atoms with van der Waals surface area (Å²) in [4.78, 5) is 2.18. The average molecular weight is 171 g/mol. The molecular formula is C10H21NO. The molecule has 0 bridgehead atoms. The van der Waals surface area contributed by atoms with Crippen LogP contribution in [0.5, 0.6) is 0 Å². The molecule has 0 rings (SSSR count). The Balaban J connectivity index is 4.02. The molecule has 0 spiro atoms. The van der Waals surface area contributed by atoms with E-state index in [1.807, 2.05) is 0 Å². The molecule has 0 fully saturated rings. The van der Waals surface area contributed by atoms with E-state index in [9.17, 15) is 0 Å². The zero-order valence-corrected chi connectivity index (χ0v) is 8.45. The standard InChI is InChI=1S/C10H21NO/c1-4-7-10(5-2)11(6-3)8-9-12/h8-10,12H,4-7H2,1-3H3/b9-8-. The van der Waals surface area contributed by atoms with E-state index in [0.717, 1.165) is 19.2 Å². The molecule has 0 aliphatic heterocycles. The van der Waals surface area contributed by atoms with E-state index in [1.54, 1.807) is 6.20 Å². The third kappa shape index (κ3) is 3.65. The molecule has 0 aromatic rings. The second kappa shape index (κ2) is 7.01. The molecule has 72 valence electrons. The van der Waals surface area contributed by atoms with Gasteiger partial charge in [0.1, 0.15) is 0 Å². The third-order valence-electron chi connectivity index (χ3n) is 2.19. The van der Waals surface area contributed by atoms with Crippen molar-refractivity contribution in [2.75, 3.05) is 6.54 Å². The summed E-state index contributed by atoms with van der Waals surface area (Å²) in [5.41, 5.74) is 0. The molecule has 2 heteroatoms. The molecule has 0 heterocycles. The van der Waals surface area contributed by atoms with E-state index < -0.39 is 0 Å². The van der Waals surface area contributed by atoms with Crippen LogP contribution >= 0.6 is 0 Å². The van der Waals surface area contributed by atoms with Crippen molar-refractivity contribution in [2.45, 2.75) is 46.1 Å². The Bertz CT molecular complexity index is 123. The summed E-state index contributed by atoms with van der Waals surface area (Å²) in [6.45, 7) is 7.46. The van der Waals surface area contributed by atoms with Gasteiger partial charge in [0.05, 0.1) is 6.26 Å². The molecule has 12 heavy (non-hydrogen) atoms. The zero-order valence-electron chi connectivity index (χ0n) is 8.45. The van der Waals surface area contributed by atoms with Crippen LogP contribution in [0.15, 0.2) is 12.5 Å². The van der Waals surface area contributed by atoms with Crippen LogP contribution in [0.4, 0.5) is 0 Å². The number of nitrogens with zero attached hydrogens (tertiary/aromatic N) is 1. The summed E-state index contributed by atoms with van der Waals surface area (Å²) in [7, 11) is 0. The van der Waals surface area contributed by atoms with Crippen molar-refractivity contribution in [1.82, 2.24) is 4.90 Å². The Labute approximate surface area is 75.9 Å². The van der Waals surface area contributed by atoms with Crippen molar-refractivity contribution < 1.29 is 5.11 Å². The lowest BCUT2D eigenvalue weighted by molar-refractivity contribution is 0.258. The zero-order chi connectivity index (χ0) is 9.40. The summed E-state index contributed by atoms with van der Waals surface area (Å²) in [6, 6.07) is 0.586. The topological polar surface area (TPSA) is 23.5 Å². The fourth-order valence-corrected chi connectivity index (χ4v) is 1.51. The van der Waals surface area contributed by atoms with E-state index in [2.05, 4.69) is 25.7 Å². The van der Waals surface area contributed by atoms with E-state index in [1.165, 1.54) is 12.8 Å². The van der Waals surface area contributed by atoms with Crippen LogP contribution in [-0.2, 0) is 0 Å². The van der Waals surface area contributed by atoms with Gasteiger partial charge >= 0.3 is 0 Å². The van der Waals surface area contributed by atoms with Gasteiger partial charge in [0.25, 0.3) is 0 Å². The first-order valence-corrected chi connectivity index (χ1v) is 4.86. The SMILES string of the molecule is CCCC(CC)N(/C=C\O)CC. The quantitative estimate of drug-likeness (QED) is 0.621. The van der Waals surface area contributed by atoms with E-state index >= 15 is 0 Å². The minimum absolute atomic E-state index is 0.586. The number of aliphatic hydroxyl groups is 1. The molecule has 0 aromatic carbocycles. The molecule has 1 N–H and O–H groups in total. The Morgan fingerprint density at radius 1 is 1.33 bits per heavy atom. The van der Waals surface area contributed by atoms with Crippen LogP contribution < -0.4 is 0 Å². The predicted octanol–water partition coefficient (Wildman–Crippen LogP) is 2.92. The summed E-state index contributed by atoms with van der Waals surface area (Å²) in [6.07, 6.45) is 6.45. The van der Waals surface area contributed by atoms with Crippen LogP contribution in [-0.4, -0.2) is 22.6 Å². The number of aliphatic hydroxyl groups excluding tert-OH is 1. The van der Waals surface area contributed by atoms with Gasteiger partial charge in [-0.1, -0.05) is 20.3 Å². The average Bonchev–Trinajstić information content (AvgIpc) is 2.11. The van der Waals surface area contributed by atoms with Gasteiger partial charge in [-0.2, -0.15) is 0 Å². The molecule has 0 saturated carbocycles. The summed E-state index contributed by atoms with van der Waals surface area (Å²) in [5.74, 6) is 0. The first kappa shape index (κ1) is 11.3. The van der Waals surface area contributed by atoms with Gasteiger partial charge in [-0.25, -0.2) is 0 Å². The molecule has 0 aromatic heterocycles. The third-order valence-corrected chi connectivity index (χ3v) is 2.19. The summed E-state index contributed by atoms with van der Waals surface area (Å²) >= 11 is 0. The Morgan fingerprint density at radius 2 is 2.00 bits per heavy atom. The van der Waals surface area contributed by atoms with E-state index in [-0.39, 0.29) is 0 Å². The summed E-state index contributed by atoms with van der Waals surface area (Å²) < 4.78 is 0. The fraction of sp³-hybridized carbons (Fsp3) is 0.800. The molecule has 1 unspecified atom stereocenters. The highest BCUT2D eigenvalue weighted by Gasteiger charge is 2.09. The maximum absolute atomic E-state index is 8.66. The number of hydrogen-bond acceptors (Lipinski definition) is 2. The van der Waals surface area contributed by atoms with Crippen LogP contribution in [0.2, 0.25) is 0 Å². The van der Waals surface area contributed by atoms with Crippen molar-refractivity contribution in [2.24, 2.45) is 0 Å². The van der Waals surface area contributed by atoms with Crippen molar-refractivity contribution in [1.29, 1.82) is 0 Å². The monoisotopic (exact) mass is 171 g/mol. The second-order valence-electron chi connectivity index (χ2n) is 2.98. The van der Waals surface area contributed by atoms with Crippen molar-refractivity contribution in [3.63, 3.8) is 0 Å². The van der Waals surface area contributed by atoms with Crippen LogP contribution in [0.1, 0.15) is 40.0 Å². The predicted molar refractivity (Wildman–Crippen MR) is 53.1 cm³/mol. The van der Waals surface area contributed by atoms with Gasteiger partial charge in [0.15, 0.2) is 0 Å². The Morgan fingerprint density at radius 3 is 2.33 bits per heavy atom. The smallest absolute Gasteiger partial charge is 0.0950 e. The molecule has 0 aliphatic rings. The first-order valence-electron chi connectivity index (χ1n) is 4.86. The maximum Gasteiger partial charge on any atom is 0.0950 e. The molecular weight excluding hydrogens is 150 g/mol. The Kier molecular flexibility index (Phi) is 6.63. The highest BCUT2D eigenvalue weighted by molar-refractivity contribution is 4.80. The van der Waals surface area contributed by atoms with Gasteiger partial charge in [-0.3, -0.25) is 0 Å². The van der Waals surface area contributed by atoms with Crippen LogP contribution in [0, 0.1) is 0 Å². The molecule has 1 atom stereocenters. The minimum Gasteiger partial charge on any atom is -0.514 e. The van der Waals surface area contributed by atoms with Crippen molar-refractivity contribution in [3.8, 4) is 0 Å². The Hall–Kier alpha value is -0.660. The maximum atomic E-state index is 8.66. The van der Waals surface area contributed by atoms with Gasteiger partial charge in [0, 0.05) is 18.8 Å². The normalized spacial score (nSPS) is 13.6. The highest BCUT2D eigenvalue weighted by Crippen LogP contribution is 2.10. The van der Waals surface area contributed by atoms with Crippen molar-refractivity contribution in [3.05, 3.63) is 12.5 Å². The van der Waals surface area contributed by atoms with Gasteiger partial charge in [-0.05, 0) is 19.8 Å². The van der Waals surface area contributed by atoms with Crippen molar-refractivity contribution >= 4 is 0 Å². The number of rotatable bonds is 6. The largest absolute Gasteiger partial charge is 0.514 e. The van der Waals surface area contributed by atoms with Gasteiger partial charge in [-0.15, -0.1) is 0 Å². The molecule has 0 aliphatic carbocycles. The summed E-state index contributed by atoms with van der Waals surface area (Å²) in [5, 5.41) is 8.66. The molecule has 0 saturated heterocycles. The van der Waals surface area contributed by atoms with E-state index in [0.29, 0.717) is 6.04 Å². The lowest BCUT2D eigenvalue weighted by Gasteiger charge is -2.28. The second-order valence-corrected chi connectivity index (χ2v) is 2.98. The highest BCUT2D eigenvalue weighted by atomic mass is 16.2. The van der Waals surface area contributed by atoms with Crippen LogP contribution in [0.25, 0.3) is 0 Å². The van der Waals surface area contributed by atoms with Crippen LogP contribution in [0.3, 0.4) is 0 Å². The lowest BCUT2D eigenvalue weighted by atomic mass is 10.1. The minimum atomic E-state index is 0.586. The first-order chi connectivity index (χ1) is 5.79. The van der Waals surface area contributed by atoms with Gasteiger partial charge < -0.3 is 10.0 Å².